The van der Waals surface area contributed by atoms with Crippen LogP contribution < -0.4 is 15.6 Å². The van der Waals surface area contributed by atoms with Gasteiger partial charge < -0.3 is 15.0 Å². The Morgan fingerprint density at radius 2 is 1.88 bits per heavy atom. The van der Waals surface area contributed by atoms with Crippen LogP contribution in [0.1, 0.15) is 32.0 Å². The quantitative estimate of drug-likeness (QED) is 0.470. The summed E-state index contributed by atoms with van der Waals surface area (Å²) in [5.74, 6) is -0.891. The molecule has 0 aliphatic heterocycles. The number of pyridine rings is 2. The van der Waals surface area contributed by atoms with E-state index in [1.807, 2.05) is 0 Å². The number of rotatable bonds is 7. The molecule has 0 bridgehead atoms. The zero-order valence-corrected chi connectivity index (χ0v) is 18.7. The van der Waals surface area contributed by atoms with Gasteiger partial charge in [-0.25, -0.2) is 4.39 Å². The lowest BCUT2D eigenvalue weighted by Gasteiger charge is -2.27. The van der Waals surface area contributed by atoms with Crippen LogP contribution in [0.15, 0.2) is 53.6 Å². The summed E-state index contributed by atoms with van der Waals surface area (Å²) >= 11 is 0. The van der Waals surface area contributed by atoms with Gasteiger partial charge in [-0.3, -0.25) is 14.6 Å². The molecule has 0 fully saturated rings. The number of amides is 1. The van der Waals surface area contributed by atoms with Crippen molar-refractivity contribution in [2.75, 3.05) is 11.9 Å². The number of nitrogens with zero attached hydrogens (tertiary/aromatic N) is 1. The smallest absolute Gasteiger partial charge is 0.399 e. The van der Waals surface area contributed by atoms with E-state index in [2.05, 4.69) is 15.3 Å². The Morgan fingerprint density at radius 1 is 1.15 bits per heavy atom. The van der Waals surface area contributed by atoms with Crippen molar-refractivity contribution in [3.8, 4) is 16.9 Å². The standard InChI is InChI=1S/C24H23F4N3O3/c1-4-34-19-11-21(32)30-13-17(19)14-5-6-15(18(25)9-14)10-22(33)31-16-7-8-20(29-12-16)23(2,3)24(26,27)28/h5-9,11-13H,4,10H2,1-3H3,(H,30,32)(H,31,33). The molecule has 10 heteroatoms. The molecule has 2 heterocycles. The first-order valence-electron chi connectivity index (χ1n) is 10.4. The first kappa shape index (κ1) is 24.9. The van der Waals surface area contributed by atoms with Crippen molar-refractivity contribution in [3.63, 3.8) is 0 Å². The number of carbonyl (C=O) groups is 1. The molecular weight excluding hydrogens is 454 g/mol. The zero-order chi connectivity index (χ0) is 25.1. The average molecular weight is 477 g/mol. The largest absolute Gasteiger partial charge is 0.493 e. The number of aromatic nitrogens is 2. The van der Waals surface area contributed by atoms with Crippen molar-refractivity contribution in [1.82, 2.24) is 9.97 Å². The van der Waals surface area contributed by atoms with Crippen LogP contribution >= 0.6 is 0 Å². The Hall–Kier alpha value is -3.69. The van der Waals surface area contributed by atoms with Gasteiger partial charge in [0.05, 0.1) is 30.6 Å². The number of carbonyl (C=O) groups excluding carboxylic acids is 1. The Labute approximate surface area is 193 Å². The summed E-state index contributed by atoms with van der Waals surface area (Å²) in [5, 5.41) is 2.50. The van der Waals surface area contributed by atoms with Crippen LogP contribution in [0.4, 0.5) is 23.2 Å². The topological polar surface area (TPSA) is 84.1 Å². The van der Waals surface area contributed by atoms with Crippen molar-refractivity contribution >= 4 is 11.6 Å². The van der Waals surface area contributed by atoms with E-state index in [9.17, 15) is 27.2 Å². The number of alkyl halides is 3. The van der Waals surface area contributed by atoms with Crippen LogP contribution in [-0.4, -0.2) is 28.7 Å². The number of halogens is 4. The molecule has 0 aliphatic carbocycles. The molecule has 2 aromatic heterocycles. The fourth-order valence-electron chi connectivity index (χ4n) is 3.17. The molecule has 3 rings (SSSR count). The fourth-order valence-corrected chi connectivity index (χ4v) is 3.17. The van der Waals surface area contributed by atoms with Crippen LogP contribution in [0.5, 0.6) is 5.75 Å². The van der Waals surface area contributed by atoms with Crippen molar-refractivity contribution in [3.05, 3.63) is 76.2 Å². The van der Waals surface area contributed by atoms with E-state index in [-0.39, 0.29) is 28.9 Å². The molecule has 0 aliphatic rings. The van der Waals surface area contributed by atoms with Gasteiger partial charge in [-0.1, -0.05) is 12.1 Å². The van der Waals surface area contributed by atoms with E-state index in [4.69, 9.17) is 4.74 Å². The third-order valence-electron chi connectivity index (χ3n) is 5.30. The van der Waals surface area contributed by atoms with Gasteiger partial charge in [0.25, 0.3) is 5.56 Å². The normalized spacial score (nSPS) is 11.9. The second-order valence-electron chi connectivity index (χ2n) is 8.09. The molecule has 0 atom stereocenters. The Bertz CT molecular complexity index is 1240. The third-order valence-corrected chi connectivity index (χ3v) is 5.30. The van der Waals surface area contributed by atoms with E-state index in [0.717, 1.165) is 20.0 Å². The number of ether oxygens (including phenoxy) is 1. The molecule has 0 saturated carbocycles. The first-order valence-corrected chi connectivity index (χ1v) is 10.4. The SMILES string of the molecule is CCOc1cc(=O)[nH]cc1-c1ccc(CC(=O)Nc2ccc(C(C)(C)C(F)(F)F)nc2)c(F)c1. The molecule has 180 valence electrons. The average Bonchev–Trinajstić information content (AvgIpc) is 2.75. The molecule has 0 saturated heterocycles. The molecule has 0 spiro atoms. The summed E-state index contributed by atoms with van der Waals surface area (Å²) in [6.45, 7) is 4.11. The molecule has 0 unspecified atom stereocenters. The summed E-state index contributed by atoms with van der Waals surface area (Å²) in [6.07, 6.45) is -2.23. The molecule has 1 amide bonds. The summed E-state index contributed by atoms with van der Waals surface area (Å²) < 4.78 is 59.6. The van der Waals surface area contributed by atoms with E-state index < -0.39 is 23.3 Å². The van der Waals surface area contributed by atoms with Crippen LogP contribution in [0.25, 0.3) is 11.1 Å². The number of hydrogen-bond donors (Lipinski definition) is 2. The van der Waals surface area contributed by atoms with Gasteiger partial charge >= 0.3 is 6.18 Å². The van der Waals surface area contributed by atoms with Gasteiger partial charge in [0.1, 0.15) is 17.0 Å². The lowest BCUT2D eigenvalue weighted by Crippen LogP contribution is -2.37. The second kappa shape index (κ2) is 9.66. The van der Waals surface area contributed by atoms with Gasteiger partial charge in [0, 0.05) is 17.8 Å². The highest BCUT2D eigenvalue weighted by Gasteiger charge is 2.49. The highest BCUT2D eigenvalue weighted by atomic mass is 19.4. The van der Waals surface area contributed by atoms with Crippen molar-refractivity contribution in [2.24, 2.45) is 0 Å². The van der Waals surface area contributed by atoms with E-state index in [0.29, 0.717) is 23.5 Å². The van der Waals surface area contributed by atoms with E-state index in [1.165, 1.54) is 36.5 Å². The highest BCUT2D eigenvalue weighted by molar-refractivity contribution is 5.92. The van der Waals surface area contributed by atoms with Gasteiger partial charge in [-0.05, 0) is 50.1 Å². The molecule has 34 heavy (non-hydrogen) atoms. The number of nitrogens with one attached hydrogen (secondary N) is 2. The molecule has 3 aromatic rings. The Balaban J connectivity index is 1.72. The number of H-pyrrole nitrogens is 1. The predicted molar refractivity (Wildman–Crippen MR) is 119 cm³/mol. The van der Waals surface area contributed by atoms with Crippen LogP contribution in [-0.2, 0) is 16.6 Å². The number of benzene rings is 1. The summed E-state index contributed by atoms with van der Waals surface area (Å²) in [6, 6.07) is 8.05. The van der Waals surface area contributed by atoms with Gasteiger partial charge in [0.2, 0.25) is 5.91 Å². The summed E-state index contributed by atoms with van der Waals surface area (Å²) in [5.41, 5.74) is -1.44. The van der Waals surface area contributed by atoms with Crippen molar-refractivity contribution < 1.29 is 27.1 Å². The zero-order valence-electron chi connectivity index (χ0n) is 18.7. The van der Waals surface area contributed by atoms with Crippen LogP contribution in [0.2, 0.25) is 0 Å². The van der Waals surface area contributed by atoms with Crippen molar-refractivity contribution in [2.45, 2.75) is 38.8 Å². The van der Waals surface area contributed by atoms with Gasteiger partial charge in [-0.2, -0.15) is 13.2 Å². The molecule has 2 N–H and O–H groups in total. The second-order valence-corrected chi connectivity index (χ2v) is 8.09. The fraction of sp³-hybridized carbons (Fsp3) is 0.292. The Morgan fingerprint density at radius 3 is 2.47 bits per heavy atom. The minimum Gasteiger partial charge on any atom is -0.493 e. The molecular formula is C24H23F4N3O3. The maximum absolute atomic E-state index is 14.7. The lowest BCUT2D eigenvalue weighted by atomic mass is 9.88. The summed E-state index contributed by atoms with van der Waals surface area (Å²) in [7, 11) is 0. The first-order chi connectivity index (χ1) is 15.9. The predicted octanol–water partition coefficient (Wildman–Crippen LogP) is 5.00. The van der Waals surface area contributed by atoms with Crippen molar-refractivity contribution in [1.29, 1.82) is 0 Å². The van der Waals surface area contributed by atoms with Crippen LogP contribution in [0, 0.1) is 5.82 Å². The minimum absolute atomic E-state index is 0.117. The molecule has 1 aromatic carbocycles. The van der Waals surface area contributed by atoms with Gasteiger partial charge in [-0.15, -0.1) is 0 Å². The molecule has 0 radical (unpaired) electrons. The minimum atomic E-state index is -4.48. The number of aromatic amines is 1. The maximum Gasteiger partial charge on any atom is 0.399 e. The summed E-state index contributed by atoms with van der Waals surface area (Å²) in [4.78, 5) is 30.3. The lowest BCUT2D eigenvalue weighted by molar-refractivity contribution is -0.181. The van der Waals surface area contributed by atoms with E-state index >= 15 is 0 Å². The number of hydrogen-bond acceptors (Lipinski definition) is 4. The highest BCUT2D eigenvalue weighted by Crippen LogP contribution is 2.39. The van der Waals surface area contributed by atoms with Crippen LogP contribution in [0.3, 0.4) is 0 Å². The maximum atomic E-state index is 14.7. The number of anilines is 1. The Kier molecular flexibility index (Phi) is 7.09. The van der Waals surface area contributed by atoms with E-state index in [1.54, 1.807) is 13.0 Å². The monoisotopic (exact) mass is 477 g/mol. The third kappa shape index (κ3) is 5.44. The molecule has 6 nitrogen and oxygen atoms in total. The van der Waals surface area contributed by atoms with Gasteiger partial charge in [0.15, 0.2) is 0 Å².